The molecule has 3 aliphatic rings. The van der Waals surface area contributed by atoms with Gasteiger partial charge >= 0.3 is 0 Å². The number of nitrogens with zero attached hydrogens (tertiary/aromatic N) is 4. The maximum Gasteiger partial charge on any atom is 0.265 e. The zero-order valence-electron chi connectivity index (χ0n) is 19.7. The van der Waals surface area contributed by atoms with Gasteiger partial charge in [0, 0.05) is 49.5 Å². The summed E-state index contributed by atoms with van der Waals surface area (Å²) >= 11 is 0. The Morgan fingerprint density at radius 2 is 1.79 bits per heavy atom. The van der Waals surface area contributed by atoms with E-state index in [-0.39, 0.29) is 17.5 Å². The Kier molecular flexibility index (Phi) is 5.37. The molecule has 7 nitrogen and oxygen atoms in total. The van der Waals surface area contributed by atoms with Crippen LogP contribution in [0.3, 0.4) is 0 Å². The molecule has 0 atom stereocenters. The monoisotopic (exact) mass is 457 g/mol. The van der Waals surface area contributed by atoms with Crippen molar-refractivity contribution in [1.82, 2.24) is 19.8 Å². The molecule has 2 saturated carbocycles. The van der Waals surface area contributed by atoms with Crippen LogP contribution in [0.5, 0.6) is 0 Å². The zero-order valence-corrected chi connectivity index (χ0v) is 19.7. The summed E-state index contributed by atoms with van der Waals surface area (Å²) < 4.78 is 1.57. The zero-order chi connectivity index (χ0) is 23.2. The van der Waals surface area contributed by atoms with Gasteiger partial charge in [-0.05, 0) is 68.5 Å². The lowest BCUT2D eigenvalue weighted by atomic mass is 9.91. The molecule has 0 bridgehead atoms. The minimum absolute atomic E-state index is 0.0890. The molecular weight excluding hydrogens is 426 g/mol. The first kappa shape index (κ1) is 21.4. The molecule has 7 heteroatoms. The third-order valence-electron chi connectivity index (χ3n) is 7.66. The summed E-state index contributed by atoms with van der Waals surface area (Å²) in [5.74, 6) is -0.0890. The fourth-order valence-electron chi connectivity index (χ4n) is 5.08. The summed E-state index contributed by atoms with van der Waals surface area (Å²) in [5.41, 5.74) is 3.85. The maximum absolute atomic E-state index is 13.6. The van der Waals surface area contributed by atoms with E-state index in [1.54, 1.807) is 17.0 Å². The van der Waals surface area contributed by atoms with E-state index in [0.717, 1.165) is 56.3 Å². The number of piperazine rings is 1. The van der Waals surface area contributed by atoms with Gasteiger partial charge in [0.25, 0.3) is 11.5 Å². The number of aryl methyl sites for hydroxylation is 1. The van der Waals surface area contributed by atoms with Gasteiger partial charge < -0.3 is 10.2 Å². The Balaban J connectivity index is 1.30. The van der Waals surface area contributed by atoms with Crippen LogP contribution in [-0.4, -0.2) is 58.6 Å². The van der Waals surface area contributed by atoms with Crippen molar-refractivity contribution in [2.24, 2.45) is 0 Å². The summed E-state index contributed by atoms with van der Waals surface area (Å²) in [6.07, 6.45) is 7.69. The van der Waals surface area contributed by atoms with Gasteiger partial charge in [-0.1, -0.05) is 12.5 Å². The standard InChI is InChI=1S/C27H31N5O2/c1-18-5-6-19(26(33)29-20-7-8-20)15-25(18)32-17-28-24-10-9-22(16-23(24)27(32)34)31-13-11-30(12-14-31)21-3-2-4-21/h5-6,9-10,15-17,20-21H,2-4,7-8,11-14H2,1H3,(H,29,33). The molecule has 2 aliphatic carbocycles. The van der Waals surface area contributed by atoms with Crippen molar-refractivity contribution in [3.05, 3.63) is 64.2 Å². The Morgan fingerprint density at radius 3 is 2.50 bits per heavy atom. The van der Waals surface area contributed by atoms with E-state index in [1.165, 1.54) is 19.3 Å². The molecule has 3 fully saturated rings. The highest BCUT2D eigenvalue weighted by Gasteiger charge is 2.28. The van der Waals surface area contributed by atoms with Crippen LogP contribution in [0.25, 0.3) is 16.6 Å². The van der Waals surface area contributed by atoms with Gasteiger partial charge in [0.05, 0.1) is 16.6 Å². The van der Waals surface area contributed by atoms with Gasteiger partial charge in [-0.2, -0.15) is 0 Å². The Morgan fingerprint density at radius 1 is 1.00 bits per heavy atom. The van der Waals surface area contributed by atoms with E-state index in [1.807, 2.05) is 31.2 Å². The molecule has 2 aromatic carbocycles. The number of hydrogen-bond acceptors (Lipinski definition) is 5. The van der Waals surface area contributed by atoms with Crippen LogP contribution >= 0.6 is 0 Å². The van der Waals surface area contributed by atoms with Crippen LogP contribution in [0.4, 0.5) is 5.69 Å². The number of carbonyl (C=O) groups excluding carboxylic acids is 1. The summed E-state index contributed by atoms with van der Waals surface area (Å²) in [5, 5.41) is 3.63. The van der Waals surface area contributed by atoms with E-state index in [4.69, 9.17) is 0 Å². The topological polar surface area (TPSA) is 70.5 Å². The smallest absolute Gasteiger partial charge is 0.265 e. The molecule has 1 saturated heterocycles. The predicted molar refractivity (Wildman–Crippen MR) is 134 cm³/mol. The van der Waals surface area contributed by atoms with Crippen LogP contribution in [-0.2, 0) is 0 Å². The van der Waals surface area contributed by atoms with Gasteiger partial charge in [-0.15, -0.1) is 0 Å². The number of rotatable bonds is 5. The first-order valence-corrected chi connectivity index (χ1v) is 12.5. The van der Waals surface area contributed by atoms with E-state index in [9.17, 15) is 9.59 Å². The SMILES string of the molecule is Cc1ccc(C(=O)NC2CC2)cc1-n1cnc2ccc(N3CCN(C4CCC4)CC3)cc2c1=O. The number of aromatic nitrogens is 2. The lowest BCUT2D eigenvalue weighted by Crippen LogP contribution is -2.52. The van der Waals surface area contributed by atoms with Gasteiger partial charge in [0.1, 0.15) is 6.33 Å². The third kappa shape index (κ3) is 3.98. The average molecular weight is 458 g/mol. The largest absolute Gasteiger partial charge is 0.369 e. The molecule has 0 radical (unpaired) electrons. The summed E-state index contributed by atoms with van der Waals surface area (Å²) in [4.78, 5) is 35.7. The van der Waals surface area contributed by atoms with Gasteiger partial charge in [-0.3, -0.25) is 19.1 Å². The number of fused-ring (bicyclic) bond motifs is 1. The van der Waals surface area contributed by atoms with Crippen molar-refractivity contribution < 1.29 is 4.79 Å². The first-order valence-electron chi connectivity index (χ1n) is 12.5. The molecule has 6 rings (SSSR count). The highest BCUT2D eigenvalue weighted by Crippen LogP contribution is 2.27. The van der Waals surface area contributed by atoms with Gasteiger partial charge in [0.2, 0.25) is 0 Å². The lowest BCUT2D eigenvalue weighted by molar-refractivity contribution is 0.0951. The molecular formula is C27H31N5O2. The number of hydrogen-bond donors (Lipinski definition) is 1. The fourth-order valence-corrected chi connectivity index (χ4v) is 5.08. The average Bonchev–Trinajstić information content (AvgIpc) is 3.63. The van der Waals surface area contributed by atoms with Gasteiger partial charge in [0.15, 0.2) is 0 Å². The highest BCUT2D eigenvalue weighted by molar-refractivity contribution is 5.95. The molecule has 2 heterocycles. The summed E-state index contributed by atoms with van der Waals surface area (Å²) in [7, 11) is 0. The second kappa shape index (κ2) is 8.55. The van der Waals surface area contributed by atoms with Crippen LogP contribution in [0.2, 0.25) is 0 Å². The number of benzene rings is 2. The highest BCUT2D eigenvalue weighted by atomic mass is 16.1. The summed E-state index contributed by atoms with van der Waals surface area (Å²) in [6.45, 7) is 6.07. The van der Waals surface area contributed by atoms with Crippen molar-refractivity contribution >= 4 is 22.5 Å². The predicted octanol–water partition coefficient (Wildman–Crippen LogP) is 3.26. The van der Waals surface area contributed by atoms with Crippen LogP contribution < -0.4 is 15.8 Å². The van der Waals surface area contributed by atoms with Gasteiger partial charge in [-0.25, -0.2) is 4.98 Å². The molecule has 0 spiro atoms. The molecule has 176 valence electrons. The van der Waals surface area contributed by atoms with Crippen molar-refractivity contribution in [3.8, 4) is 5.69 Å². The van der Waals surface area contributed by atoms with E-state index >= 15 is 0 Å². The lowest BCUT2D eigenvalue weighted by Gasteiger charge is -2.43. The Hall–Kier alpha value is -3.19. The first-order chi connectivity index (χ1) is 16.6. The summed E-state index contributed by atoms with van der Waals surface area (Å²) in [6, 6.07) is 12.6. The van der Waals surface area contributed by atoms with E-state index < -0.39 is 0 Å². The quantitative estimate of drug-likeness (QED) is 0.637. The normalized spacial score (nSPS) is 19.3. The van der Waals surface area contributed by atoms with Crippen molar-refractivity contribution in [2.45, 2.75) is 51.1 Å². The fraction of sp³-hybridized carbons (Fsp3) is 0.444. The minimum atomic E-state index is -0.109. The molecule has 1 aromatic heterocycles. The van der Waals surface area contributed by atoms with Crippen molar-refractivity contribution in [1.29, 1.82) is 0 Å². The van der Waals surface area contributed by atoms with Crippen LogP contribution in [0.1, 0.15) is 48.0 Å². The van der Waals surface area contributed by atoms with Crippen LogP contribution in [0.15, 0.2) is 47.5 Å². The van der Waals surface area contributed by atoms with Crippen molar-refractivity contribution in [3.63, 3.8) is 0 Å². The number of nitrogens with one attached hydrogen (secondary N) is 1. The van der Waals surface area contributed by atoms with Crippen molar-refractivity contribution in [2.75, 3.05) is 31.1 Å². The third-order valence-corrected chi connectivity index (χ3v) is 7.66. The molecule has 3 aromatic rings. The number of carbonyl (C=O) groups is 1. The Bertz CT molecular complexity index is 1300. The number of anilines is 1. The second-order valence-corrected chi connectivity index (χ2v) is 9.98. The second-order valence-electron chi connectivity index (χ2n) is 9.98. The molecule has 1 aliphatic heterocycles. The molecule has 0 unspecified atom stereocenters. The molecule has 1 amide bonds. The molecule has 1 N–H and O–H groups in total. The van der Waals surface area contributed by atoms with E-state index in [0.29, 0.717) is 22.2 Å². The van der Waals surface area contributed by atoms with Crippen LogP contribution in [0, 0.1) is 6.92 Å². The molecule has 34 heavy (non-hydrogen) atoms. The number of amides is 1. The maximum atomic E-state index is 13.6. The Labute approximate surface area is 199 Å². The van der Waals surface area contributed by atoms with E-state index in [2.05, 4.69) is 26.2 Å². The minimum Gasteiger partial charge on any atom is -0.369 e.